The summed E-state index contributed by atoms with van der Waals surface area (Å²) in [6, 6.07) is 11.9. The predicted molar refractivity (Wildman–Crippen MR) is 88.0 cm³/mol. The van der Waals surface area contributed by atoms with E-state index in [-0.39, 0.29) is 5.52 Å². The molecule has 0 aliphatic rings. The van der Waals surface area contributed by atoms with Crippen molar-refractivity contribution in [3.8, 4) is 0 Å². The summed E-state index contributed by atoms with van der Waals surface area (Å²) < 4.78 is 28.2. The fourth-order valence-electron chi connectivity index (χ4n) is 2.33. The van der Waals surface area contributed by atoms with Crippen LogP contribution in [0.3, 0.4) is 0 Å². The highest BCUT2D eigenvalue weighted by atomic mass is 79.9. The van der Waals surface area contributed by atoms with Crippen molar-refractivity contribution in [3.63, 3.8) is 0 Å². The van der Waals surface area contributed by atoms with Crippen molar-refractivity contribution in [1.29, 1.82) is 0 Å². The van der Waals surface area contributed by atoms with Crippen molar-refractivity contribution in [1.82, 2.24) is 4.98 Å². The average molecular weight is 363 g/mol. The van der Waals surface area contributed by atoms with Crippen molar-refractivity contribution in [2.75, 3.05) is 11.9 Å². The molecule has 0 aliphatic carbocycles. The quantitative estimate of drug-likeness (QED) is 0.711. The molecule has 0 amide bonds. The van der Waals surface area contributed by atoms with E-state index in [4.69, 9.17) is 0 Å². The molecule has 3 rings (SSSR count). The Kier molecular flexibility index (Phi) is 4.34. The number of nitrogens with zero attached hydrogens (tertiary/aromatic N) is 1. The lowest BCUT2D eigenvalue weighted by Gasteiger charge is -2.10. The van der Waals surface area contributed by atoms with E-state index in [1.54, 1.807) is 6.07 Å². The van der Waals surface area contributed by atoms with Gasteiger partial charge in [-0.25, -0.2) is 8.78 Å². The van der Waals surface area contributed by atoms with Crippen LogP contribution in [0.15, 0.2) is 53.1 Å². The van der Waals surface area contributed by atoms with Gasteiger partial charge in [-0.05, 0) is 36.2 Å². The van der Waals surface area contributed by atoms with E-state index < -0.39 is 11.6 Å². The molecule has 0 spiro atoms. The van der Waals surface area contributed by atoms with Crippen molar-refractivity contribution >= 4 is 32.5 Å². The van der Waals surface area contributed by atoms with Gasteiger partial charge in [0, 0.05) is 34.4 Å². The predicted octanol–water partition coefficient (Wildman–Crippen LogP) is 4.93. The molecule has 1 N–H and O–H groups in total. The Balaban J connectivity index is 1.78. The fourth-order valence-corrected chi connectivity index (χ4v) is 2.59. The standard InChI is InChI=1S/C17H13BrF2N2/c18-12-3-1-11(2-4-12)5-7-21-16-6-8-22-17-14(16)9-13(19)10-15(17)20/h1-4,6,8-10H,5,7H2,(H,21,22). The van der Waals surface area contributed by atoms with Crippen LogP contribution in [0.5, 0.6) is 0 Å². The van der Waals surface area contributed by atoms with Crippen molar-refractivity contribution in [2.45, 2.75) is 6.42 Å². The molecule has 112 valence electrons. The number of halogens is 3. The molecule has 0 unspecified atom stereocenters. The van der Waals surface area contributed by atoms with E-state index in [9.17, 15) is 8.78 Å². The lowest BCUT2D eigenvalue weighted by molar-refractivity contribution is 0.590. The van der Waals surface area contributed by atoms with E-state index in [2.05, 4.69) is 26.2 Å². The molecule has 0 radical (unpaired) electrons. The Morgan fingerprint density at radius 1 is 1.05 bits per heavy atom. The maximum absolute atomic E-state index is 13.7. The Morgan fingerprint density at radius 2 is 1.82 bits per heavy atom. The second-order valence-corrected chi connectivity index (χ2v) is 5.86. The number of anilines is 1. The van der Waals surface area contributed by atoms with Crippen LogP contribution in [0.4, 0.5) is 14.5 Å². The lowest BCUT2D eigenvalue weighted by atomic mass is 10.1. The van der Waals surface area contributed by atoms with Gasteiger partial charge in [0.1, 0.15) is 11.3 Å². The summed E-state index contributed by atoms with van der Waals surface area (Å²) in [7, 11) is 0. The molecule has 0 saturated carbocycles. The second kappa shape index (κ2) is 6.40. The van der Waals surface area contributed by atoms with Crippen molar-refractivity contribution in [2.24, 2.45) is 0 Å². The molecular weight excluding hydrogens is 350 g/mol. The van der Waals surface area contributed by atoms with Crippen LogP contribution in [-0.2, 0) is 6.42 Å². The number of hydrogen-bond donors (Lipinski definition) is 1. The number of pyridine rings is 1. The first-order chi connectivity index (χ1) is 10.6. The monoisotopic (exact) mass is 362 g/mol. The van der Waals surface area contributed by atoms with E-state index in [0.29, 0.717) is 17.6 Å². The maximum Gasteiger partial charge on any atom is 0.152 e. The third-order valence-corrected chi connectivity index (χ3v) is 3.93. The third kappa shape index (κ3) is 3.25. The van der Waals surface area contributed by atoms with E-state index in [1.165, 1.54) is 17.8 Å². The molecule has 0 saturated heterocycles. The van der Waals surface area contributed by atoms with Crippen LogP contribution in [0.25, 0.3) is 10.9 Å². The summed E-state index contributed by atoms with van der Waals surface area (Å²) in [5, 5.41) is 3.67. The summed E-state index contributed by atoms with van der Waals surface area (Å²) in [5.41, 5.74) is 2.04. The highest BCUT2D eigenvalue weighted by molar-refractivity contribution is 9.10. The molecule has 1 aromatic heterocycles. The minimum absolute atomic E-state index is 0.176. The summed E-state index contributed by atoms with van der Waals surface area (Å²) in [4.78, 5) is 3.97. The SMILES string of the molecule is Fc1cc(F)c2nccc(NCCc3ccc(Br)cc3)c2c1. The zero-order valence-corrected chi connectivity index (χ0v) is 13.2. The molecule has 5 heteroatoms. The van der Waals surface area contributed by atoms with Crippen LogP contribution in [-0.4, -0.2) is 11.5 Å². The molecule has 0 fully saturated rings. The smallest absolute Gasteiger partial charge is 0.152 e. The zero-order valence-electron chi connectivity index (χ0n) is 11.6. The first-order valence-corrected chi connectivity index (χ1v) is 7.65. The van der Waals surface area contributed by atoms with Gasteiger partial charge in [-0.15, -0.1) is 0 Å². The first-order valence-electron chi connectivity index (χ1n) is 6.85. The summed E-state index contributed by atoms with van der Waals surface area (Å²) in [6.45, 7) is 0.666. The largest absolute Gasteiger partial charge is 0.384 e. The number of rotatable bonds is 4. The Labute approximate surface area is 135 Å². The lowest BCUT2D eigenvalue weighted by Crippen LogP contribution is -2.05. The first kappa shape index (κ1) is 14.9. The number of nitrogens with one attached hydrogen (secondary N) is 1. The summed E-state index contributed by atoms with van der Waals surface area (Å²) >= 11 is 3.40. The molecule has 1 heterocycles. The minimum atomic E-state index is -0.647. The van der Waals surface area contributed by atoms with Crippen molar-refractivity contribution in [3.05, 3.63) is 70.3 Å². The van der Waals surface area contributed by atoms with Gasteiger partial charge in [0.05, 0.1) is 0 Å². The van der Waals surface area contributed by atoms with Gasteiger partial charge in [-0.2, -0.15) is 0 Å². The van der Waals surface area contributed by atoms with E-state index in [1.807, 2.05) is 24.3 Å². The molecule has 0 bridgehead atoms. The van der Waals surface area contributed by atoms with Gasteiger partial charge in [-0.1, -0.05) is 28.1 Å². The second-order valence-electron chi connectivity index (χ2n) is 4.95. The van der Waals surface area contributed by atoms with Gasteiger partial charge in [0.15, 0.2) is 5.82 Å². The number of aromatic nitrogens is 1. The Morgan fingerprint density at radius 3 is 2.59 bits per heavy atom. The maximum atomic E-state index is 13.7. The average Bonchev–Trinajstić information content (AvgIpc) is 2.50. The molecule has 22 heavy (non-hydrogen) atoms. The summed E-state index contributed by atoms with van der Waals surface area (Å²) in [6.07, 6.45) is 2.33. The van der Waals surface area contributed by atoms with E-state index >= 15 is 0 Å². The minimum Gasteiger partial charge on any atom is -0.384 e. The Hall–Kier alpha value is -2.01. The van der Waals surface area contributed by atoms with Crippen LogP contribution in [0.1, 0.15) is 5.56 Å². The summed E-state index contributed by atoms with van der Waals surface area (Å²) in [5.74, 6) is -1.25. The van der Waals surface area contributed by atoms with Gasteiger partial charge >= 0.3 is 0 Å². The fraction of sp³-hybridized carbons (Fsp3) is 0.118. The van der Waals surface area contributed by atoms with Gasteiger partial charge < -0.3 is 5.32 Å². The highest BCUT2D eigenvalue weighted by Gasteiger charge is 2.08. The number of benzene rings is 2. The highest BCUT2D eigenvalue weighted by Crippen LogP contribution is 2.24. The topological polar surface area (TPSA) is 24.9 Å². The van der Waals surface area contributed by atoms with Gasteiger partial charge in [-0.3, -0.25) is 4.98 Å². The van der Waals surface area contributed by atoms with Gasteiger partial charge in [0.2, 0.25) is 0 Å². The number of fused-ring (bicyclic) bond motifs is 1. The van der Waals surface area contributed by atoms with Crippen LogP contribution < -0.4 is 5.32 Å². The van der Waals surface area contributed by atoms with Crippen LogP contribution in [0, 0.1) is 11.6 Å². The van der Waals surface area contributed by atoms with Crippen molar-refractivity contribution < 1.29 is 8.78 Å². The molecule has 3 aromatic rings. The molecule has 0 atom stereocenters. The van der Waals surface area contributed by atoms with Gasteiger partial charge in [0.25, 0.3) is 0 Å². The molecule has 0 aliphatic heterocycles. The molecule has 2 aromatic carbocycles. The zero-order chi connectivity index (χ0) is 15.5. The Bertz CT molecular complexity index is 804. The molecule has 2 nitrogen and oxygen atoms in total. The third-order valence-electron chi connectivity index (χ3n) is 3.41. The van der Waals surface area contributed by atoms with Crippen LogP contribution in [0.2, 0.25) is 0 Å². The normalized spacial score (nSPS) is 10.9. The number of hydrogen-bond acceptors (Lipinski definition) is 2. The van der Waals surface area contributed by atoms with Crippen LogP contribution >= 0.6 is 15.9 Å². The molecular formula is C17H13BrF2N2. The van der Waals surface area contributed by atoms with E-state index in [0.717, 1.165) is 17.0 Å².